The summed E-state index contributed by atoms with van der Waals surface area (Å²) in [6.07, 6.45) is 1.44. The maximum Gasteiger partial charge on any atom is 0.313 e. The third-order valence-corrected chi connectivity index (χ3v) is 10.7. The van der Waals surface area contributed by atoms with Crippen LogP contribution < -0.4 is 11.1 Å². The van der Waals surface area contributed by atoms with E-state index in [1.807, 2.05) is 0 Å². The molecule has 4 aromatic carbocycles. The van der Waals surface area contributed by atoms with Crippen LogP contribution in [0.25, 0.3) is 22.3 Å². The molecule has 0 saturated heterocycles. The van der Waals surface area contributed by atoms with E-state index in [1.54, 1.807) is 31.2 Å². The Morgan fingerprint density at radius 2 is 1.02 bits per heavy atom. The maximum atomic E-state index is 15.3. The van der Waals surface area contributed by atoms with E-state index in [1.165, 1.54) is 71.3 Å². The average Bonchev–Trinajstić information content (AvgIpc) is 3.18. The number of carboxylic acids is 1. The first kappa shape index (κ1) is 44.3. The van der Waals surface area contributed by atoms with Gasteiger partial charge in [0.05, 0.1) is 22.2 Å². The van der Waals surface area contributed by atoms with Crippen molar-refractivity contribution < 1.29 is 32.6 Å². The number of rotatable bonds is 10. The van der Waals surface area contributed by atoms with Crippen molar-refractivity contribution in [3.63, 3.8) is 0 Å². The van der Waals surface area contributed by atoms with Gasteiger partial charge in [0.15, 0.2) is 5.75 Å². The summed E-state index contributed by atoms with van der Waals surface area (Å²) in [6, 6.07) is 17.0. The molecule has 6 rings (SSSR count). The monoisotopic (exact) mass is 850 g/mol. The number of aromatic nitrogens is 4. The molecule has 0 aliphatic heterocycles. The van der Waals surface area contributed by atoms with E-state index < -0.39 is 34.1 Å². The minimum atomic E-state index is -1.51. The number of carboxylic acid groups (broad SMARTS) is 1. The average molecular weight is 852 g/mol. The van der Waals surface area contributed by atoms with Crippen LogP contribution in [-0.2, 0) is 50.0 Å². The van der Waals surface area contributed by atoms with Gasteiger partial charge in [-0.15, -0.1) is 0 Å². The molecule has 0 amide bonds. The Morgan fingerprint density at radius 1 is 0.627 bits per heavy atom. The van der Waals surface area contributed by atoms with Crippen LogP contribution in [0, 0.1) is 37.1 Å². The van der Waals surface area contributed by atoms with Crippen LogP contribution in [0.1, 0.15) is 53.1 Å². The molecule has 0 aliphatic carbocycles. The van der Waals surface area contributed by atoms with Crippen molar-refractivity contribution in [1.82, 2.24) is 19.6 Å². The summed E-state index contributed by atoms with van der Waals surface area (Å²) in [6.45, 7) is 6.01. The molecule has 2 aromatic heterocycles. The number of hydrogen-bond donors (Lipinski definition) is 2. The molecule has 2 N–H and O–H groups in total. The van der Waals surface area contributed by atoms with Gasteiger partial charge >= 0.3 is 5.97 Å². The summed E-state index contributed by atoms with van der Waals surface area (Å²) in [5.41, 5.74) is 0.0123. The smallest absolute Gasteiger partial charge is 0.313 e. The van der Waals surface area contributed by atoms with Gasteiger partial charge in [0.2, 0.25) is 0 Å². The zero-order valence-corrected chi connectivity index (χ0v) is 34.4. The van der Waals surface area contributed by atoms with Gasteiger partial charge < -0.3 is 10.2 Å². The van der Waals surface area contributed by atoms with Gasteiger partial charge in [-0.05, 0) is 124 Å². The number of hydrogen-bond acceptors (Lipinski definition) is 6. The third-order valence-electron chi connectivity index (χ3n) is 10.0. The number of aromatic hydroxyl groups is 1. The molecule has 0 radical (unpaired) electrons. The summed E-state index contributed by atoms with van der Waals surface area (Å²) in [5.74, 6) is -3.60. The van der Waals surface area contributed by atoms with Gasteiger partial charge in [-0.3, -0.25) is 14.4 Å². The molecule has 9 nitrogen and oxygen atoms in total. The zero-order valence-electron chi connectivity index (χ0n) is 32.9. The van der Waals surface area contributed by atoms with Crippen molar-refractivity contribution in [2.24, 2.45) is 14.1 Å². The standard InChI is InChI=1S/C24H23ClF2N2O3.C20H17ClF2N2O2/c1-13-21(24(2,3)23(31)32)20(22(30)29(4)28-13)19-16(17(25)11-12-18(19)27)10-7-14-5-8-15(26)9-6-14;1-11-19(26)18(20(27)25(2)24-11)17-14(15(21)9-10-16(17)23)8-5-12-3-6-13(22)7-4-12/h5-6,8-9,11-12H,7,10H2,1-4H3,(H,31,32);3-4,6-7,9-10,26H,5,8H2,1-2H3. The van der Waals surface area contributed by atoms with E-state index in [4.69, 9.17) is 23.2 Å². The summed E-state index contributed by atoms with van der Waals surface area (Å²) >= 11 is 12.7. The SMILES string of the molecule is Cc1nn(C)c(=O)c(-c2c(F)ccc(Cl)c2CCc2ccc(F)cc2)c1C(C)(C)C(=O)O.Cc1nn(C)c(=O)c(-c2c(F)ccc(Cl)c2CCc2ccc(F)cc2)c1O. The molecular formula is C44H40Cl2F4N4O5. The highest BCUT2D eigenvalue weighted by Gasteiger charge is 2.37. The molecule has 59 heavy (non-hydrogen) atoms. The van der Waals surface area contributed by atoms with Gasteiger partial charge in [0.25, 0.3) is 11.1 Å². The second-order valence-corrected chi connectivity index (χ2v) is 15.3. The van der Waals surface area contributed by atoms with E-state index in [-0.39, 0.29) is 67.4 Å². The molecular weight excluding hydrogens is 811 g/mol. The number of carbonyl (C=O) groups is 1. The van der Waals surface area contributed by atoms with E-state index in [9.17, 15) is 37.8 Å². The summed E-state index contributed by atoms with van der Waals surface area (Å²) in [5, 5.41) is 28.8. The van der Waals surface area contributed by atoms with Crippen molar-refractivity contribution in [2.75, 3.05) is 0 Å². The minimum Gasteiger partial charge on any atom is -0.505 e. The Hall–Kier alpha value is -5.79. The van der Waals surface area contributed by atoms with Crippen LogP contribution >= 0.6 is 23.2 Å². The van der Waals surface area contributed by atoms with Gasteiger partial charge in [-0.2, -0.15) is 10.2 Å². The molecule has 6 aromatic rings. The fraction of sp³-hybridized carbons (Fsp3) is 0.250. The normalized spacial score (nSPS) is 11.3. The molecule has 0 saturated carbocycles. The van der Waals surface area contributed by atoms with Crippen LogP contribution in [0.4, 0.5) is 17.6 Å². The van der Waals surface area contributed by atoms with Crippen molar-refractivity contribution in [2.45, 2.75) is 58.8 Å². The lowest BCUT2D eigenvalue weighted by molar-refractivity contribution is -0.142. The van der Waals surface area contributed by atoms with Crippen LogP contribution in [0.15, 0.2) is 82.4 Å². The minimum absolute atomic E-state index is 0.0324. The largest absolute Gasteiger partial charge is 0.505 e. The Kier molecular flexibility index (Phi) is 13.5. The summed E-state index contributed by atoms with van der Waals surface area (Å²) in [4.78, 5) is 37.8. The lowest BCUT2D eigenvalue weighted by atomic mass is 9.78. The highest BCUT2D eigenvalue weighted by atomic mass is 35.5. The Balaban J connectivity index is 0.000000227. The van der Waals surface area contributed by atoms with Crippen molar-refractivity contribution in [1.29, 1.82) is 0 Å². The Labute approximate surface area is 347 Å². The van der Waals surface area contributed by atoms with Crippen LogP contribution in [0.3, 0.4) is 0 Å². The number of aryl methyl sites for hydroxylation is 6. The van der Waals surface area contributed by atoms with E-state index in [0.717, 1.165) is 32.6 Å². The van der Waals surface area contributed by atoms with Crippen LogP contribution in [0.5, 0.6) is 5.75 Å². The summed E-state index contributed by atoms with van der Waals surface area (Å²) in [7, 11) is 2.86. The van der Waals surface area contributed by atoms with Crippen molar-refractivity contribution in [3.05, 3.63) is 166 Å². The summed E-state index contributed by atoms with van der Waals surface area (Å²) < 4.78 is 58.4. The molecule has 0 fully saturated rings. The molecule has 308 valence electrons. The fourth-order valence-corrected chi connectivity index (χ4v) is 7.42. The zero-order chi connectivity index (χ0) is 43.5. The lowest BCUT2D eigenvalue weighted by Gasteiger charge is -2.26. The van der Waals surface area contributed by atoms with E-state index >= 15 is 4.39 Å². The number of benzene rings is 4. The predicted octanol–water partition coefficient (Wildman–Crippen LogP) is 9.01. The number of halogens is 6. The molecule has 0 aliphatic rings. The number of nitrogens with zero attached hydrogens (tertiary/aromatic N) is 4. The van der Waals surface area contributed by atoms with Crippen molar-refractivity contribution >= 4 is 29.2 Å². The highest BCUT2D eigenvalue weighted by molar-refractivity contribution is 6.32. The Morgan fingerprint density at radius 3 is 1.44 bits per heavy atom. The van der Waals surface area contributed by atoms with Crippen LogP contribution in [0.2, 0.25) is 10.0 Å². The second kappa shape index (κ2) is 18.0. The molecule has 0 bridgehead atoms. The predicted molar refractivity (Wildman–Crippen MR) is 219 cm³/mol. The molecule has 0 spiro atoms. The topological polar surface area (TPSA) is 127 Å². The van der Waals surface area contributed by atoms with Gasteiger partial charge in [-0.25, -0.2) is 26.9 Å². The highest BCUT2D eigenvalue weighted by Crippen LogP contribution is 2.39. The van der Waals surface area contributed by atoms with E-state index in [0.29, 0.717) is 36.1 Å². The first-order chi connectivity index (χ1) is 27.7. The fourth-order valence-electron chi connectivity index (χ4n) is 6.92. The molecule has 15 heteroatoms. The maximum absolute atomic E-state index is 15.3. The van der Waals surface area contributed by atoms with Gasteiger partial charge in [0.1, 0.15) is 29.0 Å². The van der Waals surface area contributed by atoms with Gasteiger partial charge in [0, 0.05) is 40.8 Å². The molecule has 0 atom stereocenters. The second-order valence-electron chi connectivity index (χ2n) is 14.5. The van der Waals surface area contributed by atoms with Crippen LogP contribution in [-0.4, -0.2) is 35.7 Å². The van der Waals surface area contributed by atoms with Gasteiger partial charge in [-0.1, -0.05) is 47.5 Å². The van der Waals surface area contributed by atoms with E-state index in [2.05, 4.69) is 10.2 Å². The number of aliphatic carboxylic acids is 1. The molecule has 2 heterocycles. The van der Waals surface area contributed by atoms with Crippen molar-refractivity contribution in [3.8, 4) is 28.0 Å². The Bertz CT molecular complexity index is 2680. The first-order valence-corrected chi connectivity index (χ1v) is 19.0. The lowest BCUT2D eigenvalue weighted by Crippen LogP contribution is -2.35. The molecule has 0 unspecified atom stereocenters. The first-order valence-electron chi connectivity index (χ1n) is 18.3. The third kappa shape index (κ3) is 9.42. The quantitative estimate of drug-likeness (QED) is 0.132.